The quantitative estimate of drug-likeness (QED) is 0.641. The topological polar surface area (TPSA) is 109 Å². The van der Waals surface area contributed by atoms with E-state index in [2.05, 4.69) is 5.32 Å². The van der Waals surface area contributed by atoms with Crippen molar-refractivity contribution in [2.75, 3.05) is 5.75 Å². The zero-order valence-corrected chi connectivity index (χ0v) is 13.7. The lowest BCUT2D eigenvalue weighted by Crippen LogP contribution is -2.60. The number of rotatable bonds is 7. The first-order valence-electron chi connectivity index (χ1n) is 8.18. The molecule has 0 saturated heterocycles. The maximum atomic E-state index is 12.2. The van der Waals surface area contributed by atoms with Crippen LogP contribution >= 0.6 is 11.8 Å². The zero-order valence-electron chi connectivity index (χ0n) is 12.9. The molecular formula is C16H21NO5S-2. The highest BCUT2D eigenvalue weighted by atomic mass is 32.2. The molecule has 4 rings (SSSR count). The minimum absolute atomic E-state index is 0.0618. The van der Waals surface area contributed by atoms with Gasteiger partial charge in [0.25, 0.3) is 0 Å². The first kappa shape index (κ1) is 16.6. The molecule has 0 aromatic rings. The molecule has 0 radical (unpaired) electrons. The van der Waals surface area contributed by atoms with Gasteiger partial charge in [0.15, 0.2) is 0 Å². The van der Waals surface area contributed by atoms with Gasteiger partial charge in [0.05, 0.1) is 17.0 Å². The maximum absolute atomic E-state index is 12.2. The third kappa shape index (κ3) is 3.82. The number of carbonyl (C=O) groups excluding carboxylic acids is 3. The fraction of sp³-hybridized carbons (Fsp3) is 0.812. The van der Waals surface area contributed by atoms with Crippen LogP contribution < -0.4 is 15.5 Å². The van der Waals surface area contributed by atoms with Crippen LogP contribution in [0.4, 0.5) is 0 Å². The largest absolute Gasteiger partial charge is 0.550 e. The minimum Gasteiger partial charge on any atom is -0.550 e. The van der Waals surface area contributed by atoms with Crippen LogP contribution in [0.2, 0.25) is 0 Å². The van der Waals surface area contributed by atoms with Gasteiger partial charge in [-0.15, -0.1) is 11.8 Å². The molecule has 128 valence electrons. The molecule has 1 amide bonds. The molecule has 1 atom stereocenters. The number of carboxylic acids is 2. The summed E-state index contributed by atoms with van der Waals surface area (Å²) in [6.07, 6.45) is 6.28. The number of hydrogen-bond acceptors (Lipinski definition) is 6. The smallest absolute Gasteiger partial charge is 0.230 e. The molecule has 23 heavy (non-hydrogen) atoms. The van der Waals surface area contributed by atoms with Crippen LogP contribution in [0.25, 0.3) is 0 Å². The molecule has 7 heteroatoms. The van der Waals surface area contributed by atoms with Gasteiger partial charge in [0.2, 0.25) is 5.91 Å². The second kappa shape index (κ2) is 6.34. The van der Waals surface area contributed by atoms with Gasteiger partial charge >= 0.3 is 0 Å². The monoisotopic (exact) mass is 339 g/mol. The number of aliphatic carboxylic acids is 2. The third-order valence-electron chi connectivity index (χ3n) is 5.47. The van der Waals surface area contributed by atoms with Crippen LogP contribution in [0, 0.1) is 17.8 Å². The van der Waals surface area contributed by atoms with Crippen molar-refractivity contribution < 1.29 is 24.6 Å². The normalized spacial score (nSPS) is 35.7. The predicted octanol–water partition coefficient (Wildman–Crippen LogP) is -0.937. The summed E-state index contributed by atoms with van der Waals surface area (Å²) in [6, 6.07) is 0. The van der Waals surface area contributed by atoms with Crippen LogP contribution in [-0.4, -0.2) is 34.4 Å². The van der Waals surface area contributed by atoms with Gasteiger partial charge in [-0.3, -0.25) is 4.79 Å². The molecule has 0 heterocycles. The molecule has 1 N–H and O–H groups in total. The Balaban J connectivity index is 1.53. The Morgan fingerprint density at radius 2 is 1.57 bits per heavy atom. The average Bonchev–Trinajstić information content (AvgIpc) is 2.40. The van der Waals surface area contributed by atoms with Crippen LogP contribution in [0.3, 0.4) is 0 Å². The SMILES string of the molecule is O=C([O-])C[C@H](SCC(=O)NC12CC3CC(CC(C3)C1)C2)C(=O)[O-]. The summed E-state index contributed by atoms with van der Waals surface area (Å²) >= 11 is 0.800. The van der Waals surface area contributed by atoms with E-state index in [9.17, 15) is 24.6 Å². The molecule has 4 aliphatic carbocycles. The Morgan fingerprint density at radius 1 is 1.04 bits per heavy atom. The number of thioether (sulfide) groups is 1. The van der Waals surface area contributed by atoms with Crippen molar-refractivity contribution in [3.8, 4) is 0 Å². The molecule has 4 bridgehead atoms. The van der Waals surface area contributed by atoms with E-state index in [1.807, 2.05) is 0 Å². The average molecular weight is 339 g/mol. The summed E-state index contributed by atoms with van der Waals surface area (Å²) in [6.45, 7) is 0. The van der Waals surface area contributed by atoms with Crippen molar-refractivity contribution in [1.82, 2.24) is 5.32 Å². The van der Waals surface area contributed by atoms with Gasteiger partial charge in [-0.05, 0) is 56.3 Å². The van der Waals surface area contributed by atoms with Crippen LogP contribution in [0.15, 0.2) is 0 Å². The van der Waals surface area contributed by atoms with Crippen molar-refractivity contribution in [3.63, 3.8) is 0 Å². The van der Waals surface area contributed by atoms with Gasteiger partial charge < -0.3 is 25.1 Å². The summed E-state index contributed by atoms with van der Waals surface area (Å²) in [7, 11) is 0. The van der Waals surface area contributed by atoms with Gasteiger partial charge in [-0.2, -0.15) is 0 Å². The van der Waals surface area contributed by atoms with Crippen molar-refractivity contribution in [2.24, 2.45) is 17.8 Å². The Bertz CT molecular complexity index is 485. The molecule has 0 aliphatic heterocycles. The van der Waals surface area contributed by atoms with Crippen molar-refractivity contribution in [3.05, 3.63) is 0 Å². The van der Waals surface area contributed by atoms with Crippen molar-refractivity contribution in [1.29, 1.82) is 0 Å². The number of amides is 1. The van der Waals surface area contributed by atoms with Crippen LogP contribution in [0.5, 0.6) is 0 Å². The van der Waals surface area contributed by atoms with Gasteiger partial charge in [0, 0.05) is 17.9 Å². The van der Waals surface area contributed by atoms with E-state index in [1.165, 1.54) is 19.3 Å². The first-order chi connectivity index (χ1) is 10.8. The van der Waals surface area contributed by atoms with E-state index in [0.29, 0.717) is 17.8 Å². The first-order valence-corrected chi connectivity index (χ1v) is 9.23. The van der Waals surface area contributed by atoms with Crippen LogP contribution in [-0.2, 0) is 14.4 Å². The Kier molecular flexibility index (Phi) is 4.58. The number of nitrogens with one attached hydrogen (secondary N) is 1. The number of carboxylic acid groups (broad SMARTS) is 2. The molecule has 0 aromatic heterocycles. The molecule has 0 aromatic carbocycles. The Hall–Kier alpha value is -1.24. The molecule has 0 unspecified atom stereocenters. The third-order valence-corrected chi connectivity index (χ3v) is 6.66. The summed E-state index contributed by atoms with van der Waals surface area (Å²) in [4.78, 5) is 33.7. The predicted molar refractivity (Wildman–Crippen MR) is 79.9 cm³/mol. The van der Waals surface area contributed by atoms with E-state index >= 15 is 0 Å². The summed E-state index contributed by atoms with van der Waals surface area (Å²) in [5, 5.41) is 23.3. The Morgan fingerprint density at radius 3 is 2.00 bits per heavy atom. The highest BCUT2D eigenvalue weighted by Gasteiger charge is 2.51. The molecule has 6 nitrogen and oxygen atoms in total. The molecular weight excluding hydrogens is 318 g/mol. The lowest BCUT2D eigenvalue weighted by Gasteiger charge is -2.56. The van der Waals surface area contributed by atoms with E-state index in [1.54, 1.807) is 0 Å². The van der Waals surface area contributed by atoms with E-state index < -0.39 is 23.6 Å². The van der Waals surface area contributed by atoms with Crippen molar-refractivity contribution >= 4 is 29.6 Å². The maximum Gasteiger partial charge on any atom is 0.230 e. The number of hydrogen-bond donors (Lipinski definition) is 1. The van der Waals surface area contributed by atoms with Crippen LogP contribution in [0.1, 0.15) is 44.9 Å². The highest BCUT2D eigenvalue weighted by Crippen LogP contribution is 2.55. The number of carbonyl (C=O) groups is 3. The fourth-order valence-corrected chi connectivity index (χ4v) is 5.95. The summed E-state index contributed by atoms with van der Waals surface area (Å²) < 4.78 is 0. The second-order valence-electron chi connectivity index (χ2n) is 7.44. The fourth-order valence-electron chi connectivity index (χ4n) is 5.13. The zero-order chi connectivity index (χ0) is 16.6. The lowest BCUT2D eigenvalue weighted by atomic mass is 9.53. The molecule has 4 aliphatic rings. The molecule has 4 fully saturated rings. The van der Waals surface area contributed by atoms with E-state index in [0.717, 1.165) is 31.0 Å². The van der Waals surface area contributed by atoms with Crippen molar-refractivity contribution in [2.45, 2.75) is 55.7 Å². The van der Waals surface area contributed by atoms with E-state index in [-0.39, 0.29) is 17.2 Å². The second-order valence-corrected chi connectivity index (χ2v) is 8.63. The summed E-state index contributed by atoms with van der Waals surface area (Å²) in [5.74, 6) is -1.06. The van der Waals surface area contributed by atoms with Gasteiger partial charge in [0.1, 0.15) is 0 Å². The minimum atomic E-state index is -1.47. The van der Waals surface area contributed by atoms with Gasteiger partial charge in [-0.1, -0.05) is 0 Å². The highest BCUT2D eigenvalue weighted by molar-refractivity contribution is 8.01. The van der Waals surface area contributed by atoms with E-state index in [4.69, 9.17) is 0 Å². The molecule has 0 spiro atoms. The van der Waals surface area contributed by atoms with Gasteiger partial charge in [-0.25, -0.2) is 0 Å². The summed E-state index contributed by atoms with van der Waals surface area (Å²) in [5.41, 5.74) is -0.113. The molecule has 4 saturated carbocycles. The standard InChI is InChI=1S/C16H23NO5S/c18-13(8-23-12(15(21)22)4-14(19)20)17-16-5-9-1-10(6-16)3-11(2-9)7-16/h9-12H,1-8H2,(H,17,18)(H,19,20)(H,21,22)/p-2/t9?,10?,11?,12-,16?/m0/s1. The Labute approximate surface area is 139 Å². The lowest BCUT2D eigenvalue weighted by molar-refractivity contribution is -0.314.